The second-order valence-corrected chi connectivity index (χ2v) is 10.0. The minimum Gasteiger partial charge on any atom is -0.392 e. The van der Waals surface area contributed by atoms with Crippen molar-refractivity contribution < 1.29 is 13.5 Å². The normalized spacial score (nSPS) is 31.0. The van der Waals surface area contributed by atoms with E-state index in [-0.39, 0.29) is 11.7 Å². The molecule has 3 atom stereocenters. The van der Waals surface area contributed by atoms with E-state index in [0.29, 0.717) is 11.3 Å². The number of allylic oxidation sites excluding steroid dienone is 1. The lowest BCUT2D eigenvalue weighted by molar-refractivity contribution is 0.0155. The van der Waals surface area contributed by atoms with Crippen LogP contribution in [0.15, 0.2) is 40.8 Å². The maximum Gasteiger partial charge on any atom is 0.179 e. The van der Waals surface area contributed by atoms with Crippen molar-refractivity contribution in [2.24, 2.45) is 5.41 Å². The van der Waals surface area contributed by atoms with Gasteiger partial charge in [0.05, 0.1) is 16.8 Å². The Labute approximate surface area is 158 Å². The summed E-state index contributed by atoms with van der Waals surface area (Å²) in [7, 11) is -3.42. The van der Waals surface area contributed by atoms with Gasteiger partial charge in [-0.25, -0.2) is 8.42 Å². The third-order valence-electron chi connectivity index (χ3n) is 6.47. The van der Waals surface area contributed by atoms with Crippen LogP contribution in [0.1, 0.15) is 76.7 Å². The Morgan fingerprint density at radius 1 is 1.19 bits per heavy atom. The maximum atomic E-state index is 13.3. The molecule has 1 aliphatic carbocycles. The van der Waals surface area contributed by atoms with Gasteiger partial charge >= 0.3 is 0 Å². The molecule has 1 aliphatic heterocycles. The Bertz CT molecular complexity index is 765. The first kappa shape index (κ1) is 19.6. The van der Waals surface area contributed by atoms with Crippen LogP contribution in [0.2, 0.25) is 0 Å². The topological polar surface area (TPSA) is 54.4 Å². The van der Waals surface area contributed by atoms with E-state index in [4.69, 9.17) is 0 Å². The average molecular weight is 377 g/mol. The second-order valence-electron chi connectivity index (χ2n) is 8.06. The summed E-state index contributed by atoms with van der Waals surface area (Å²) in [6.07, 6.45) is 9.30. The quantitative estimate of drug-likeness (QED) is 0.735. The van der Waals surface area contributed by atoms with E-state index in [2.05, 4.69) is 13.0 Å². The number of hydrogen-bond donors (Lipinski definition) is 1. The molecule has 0 fully saturated rings. The Morgan fingerprint density at radius 2 is 1.96 bits per heavy atom. The summed E-state index contributed by atoms with van der Waals surface area (Å²) in [5, 5.41) is 11.6. The highest BCUT2D eigenvalue weighted by Crippen LogP contribution is 2.50. The van der Waals surface area contributed by atoms with Gasteiger partial charge in [0.1, 0.15) is 0 Å². The molecule has 0 aromatic heterocycles. The fraction of sp³-hybridized carbons (Fsp3) is 0.636. The molecule has 1 heterocycles. The molecule has 0 saturated carbocycles. The zero-order chi connectivity index (χ0) is 18.8. The van der Waals surface area contributed by atoms with Crippen molar-refractivity contribution in [1.82, 2.24) is 0 Å². The first-order valence-electron chi connectivity index (χ1n) is 10.1. The van der Waals surface area contributed by atoms with Gasteiger partial charge in [-0.3, -0.25) is 0 Å². The number of aliphatic hydroxyl groups is 1. The van der Waals surface area contributed by atoms with Crippen LogP contribution in [0.4, 0.5) is 0 Å². The lowest BCUT2D eigenvalue weighted by atomic mass is 9.68. The Balaban J connectivity index is 2.19. The third-order valence-corrected chi connectivity index (χ3v) is 8.46. The van der Waals surface area contributed by atoms with Crippen molar-refractivity contribution in [2.45, 2.75) is 82.1 Å². The third kappa shape index (κ3) is 3.50. The molecule has 0 radical (unpaired) electrons. The number of unbranched alkanes of at least 4 members (excludes halogenated alkanes) is 1. The van der Waals surface area contributed by atoms with Crippen molar-refractivity contribution >= 4 is 9.84 Å². The Morgan fingerprint density at radius 3 is 2.62 bits per heavy atom. The molecule has 0 amide bonds. The number of rotatable bonds is 5. The van der Waals surface area contributed by atoms with Gasteiger partial charge in [0.15, 0.2) is 9.84 Å². The van der Waals surface area contributed by atoms with E-state index < -0.39 is 21.4 Å². The Kier molecular flexibility index (Phi) is 5.93. The molecule has 3 rings (SSSR count). The summed E-state index contributed by atoms with van der Waals surface area (Å²) in [4.78, 5) is 0.433. The van der Waals surface area contributed by atoms with E-state index >= 15 is 0 Å². The fourth-order valence-electron chi connectivity index (χ4n) is 4.87. The second kappa shape index (κ2) is 7.85. The van der Waals surface area contributed by atoms with Gasteiger partial charge in [0, 0.05) is 11.3 Å². The molecule has 0 saturated heterocycles. The van der Waals surface area contributed by atoms with Crippen LogP contribution in [0.25, 0.3) is 0 Å². The predicted octanol–water partition coefficient (Wildman–Crippen LogP) is 5.01. The van der Waals surface area contributed by atoms with Crippen molar-refractivity contribution in [3.05, 3.63) is 41.5 Å². The Hall–Kier alpha value is -1.13. The zero-order valence-electron chi connectivity index (χ0n) is 16.1. The molecule has 1 N–H and O–H groups in total. The molecule has 1 unspecified atom stereocenters. The molecule has 0 spiro atoms. The summed E-state index contributed by atoms with van der Waals surface area (Å²) in [6.45, 7) is 4.16. The zero-order valence-corrected chi connectivity index (χ0v) is 16.9. The van der Waals surface area contributed by atoms with Gasteiger partial charge in [0.25, 0.3) is 0 Å². The predicted molar refractivity (Wildman–Crippen MR) is 106 cm³/mol. The van der Waals surface area contributed by atoms with Gasteiger partial charge in [-0.1, -0.05) is 56.5 Å². The first-order valence-corrected chi connectivity index (χ1v) is 11.8. The number of benzene rings is 1. The molecule has 26 heavy (non-hydrogen) atoms. The summed E-state index contributed by atoms with van der Waals surface area (Å²) < 4.78 is 26.5. The molecule has 1 aromatic carbocycles. The number of fused-ring (bicyclic) bond motifs is 1. The van der Waals surface area contributed by atoms with Crippen molar-refractivity contribution in [3.63, 3.8) is 0 Å². The summed E-state index contributed by atoms with van der Waals surface area (Å²) in [5.41, 5.74) is 1.47. The van der Waals surface area contributed by atoms with Crippen molar-refractivity contribution in [2.75, 3.05) is 5.75 Å². The van der Waals surface area contributed by atoms with Gasteiger partial charge < -0.3 is 5.11 Å². The number of hydrogen-bond acceptors (Lipinski definition) is 3. The van der Waals surface area contributed by atoms with Crippen LogP contribution in [0.3, 0.4) is 0 Å². The number of sulfone groups is 1. The van der Waals surface area contributed by atoms with Crippen LogP contribution in [0, 0.1) is 5.41 Å². The standard InChI is InChI=1S/C22H32O3S/c1-3-5-15-22(4-2)16-26(24,25)19-14-10-9-13-18(19)20(21(22)23)17-11-7-6-8-12-17/h9-11,13-14,20-21,23H,3-8,12,15-16H2,1-2H3/t20?,21-,22+/m1/s1. The van der Waals surface area contributed by atoms with E-state index in [0.717, 1.165) is 44.1 Å². The SMILES string of the molecule is CCCC[C@@]1(CC)CS(=O)(=O)c2ccccc2C(C2=CCCCC2)[C@H]1O. The van der Waals surface area contributed by atoms with Crippen LogP contribution in [0.5, 0.6) is 0 Å². The molecular formula is C22H32O3S. The maximum absolute atomic E-state index is 13.3. The molecule has 1 aromatic rings. The van der Waals surface area contributed by atoms with Crippen LogP contribution >= 0.6 is 0 Å². The largest absolute Gasteiger partial charge is 0.392 e. The average Bonchev–Trinajstić information content (AvgIpc) is 2.73. The fourth-order valence-corrected chi connectivity index (χ4v) is 7.14. The molecule has 4 heteroatoms. The van der Waals surface area contributed by atoms with E-state index in [1.54, 1.807) is 12.1 Å². The van der Waals surface area contributed by atoms with E-state index in [1.807, 2.05) is 19.1 Å². The van der Waals surface area contributed by atoms with Crippen molar-refractivity contribution in [3.8, 4) is 0 Å². The summed E-state index contributed by atoms with van der Waals surface area (Å²) >= 11 is 0. The monoisotopic (exact) mass is 376 g/mol. The van der Waals surface area contributed by atoms with Gasteiger partial charge in [0.2, 0.25) is 0 Å². The first-order chi connectivity index (χ1) is 12.4. The lowest BCUT2D eigenvalue weighted by Crippen LogP contribution is -2.42. The minimum absolute atomic E-state index is 0.0540. The molecule has 0 bridgehead atoms. The van der Waals surface area contributed by atoms with Crippen LogP contribution in [-0.2, 0) is 9.84 Å². The minimum atomic E-state index is -3.42. The van der Waals surface area contributed by atoms with Crippen molar-refractivity contribution in [1.29, 1.82) is 0 Å². The van der Waals surface area contributed by atoms with Crippen LogP contribution in [-0.4, -0.2) is 25.4 Å². The highest BCUT2D eigenvalue weighted by molar-refractivity contribution is 7.91. The smallest absolute Gasteiger partial charge is 0.179 e. The molecule has 3 nitrogen and oxygen atoms in total. The van der Waals surface area contributed by atoms with Gasteiger partial charge in [-0.2, -0.15) is 0 Å². The molecule has 2 aliphatic rings. The number of aliphatic hydroxyl groups excluding tert-OH is 1. The van der Waals surface area contributed by atoms with Crippen LogP contribution < -0.4 is 0 Å². The summed E-state index contributed by atoms with van der Waals surface area (Å²) in [5.74, 6) is -0.140. The van der Waals surface area contributed by atoms with Gasteiger partial charge in [-0.05, 0) is 50.2 Å². The summed E-state index contributed by atoms with van der Waals surface area (Å²) in [6, 6.07) is 7.36. The molecule has 144 valence electrons. The van der Waals surface area contributed by atoms with E-state index in [9.17, 15) is 13.5 Å². The highest BCUT2D eigenvalue weighted by Gasteiger charge is 2.49. The van der Waals surface area contributed by atoms with Gasteiger partial charge in [-0.15, -0.1) is 0 Å². The van der Waals surface area contributed by atoms with E-state index in [1.165, 1.54) is 12.0 Å². The highest BCUT2D eigenvalue weighted by atomic mass is 32.2. The lowest BCUT2D eigenvalue weighted by Gasteiger charge is -2.40. The molecular weight excluding hydrogens is 344 g/mol.